The first kappa shape index (κ1) is 22.7. The van der Waals surface area contributed by atoms with Gasteiger partial charge in [0.1, 0.15) is 5.60 Å². The highest BCUT2D eigenvalue weighted by molar-refractivity contribution is 6.02. The predicted molar refractivity (Wildman–Crippen MR) is 112 cm³/mol. The highest BCUT2D eigenvalue weighted by Gasteiger charge is 2.24. The maximum Gasteiger partial charge on any atom is 0.407 e. The lowest BCUT2D eigenvalue weighted by Crippen LogP contribution is -2.49. The van der Waals surface area contributed by atoms with Gasteiger partial charge in [0.2, 0.25) is 5.91 Å². The van der Waals surface area contributed by atoms with Crippen LogP contribution in [-0.4, -0.2) is 54.2 Å². The van der Waals surface area contributed by atoms with E-state index in [0.29, 0.717) is 18.8 Å². The second-order valence-electron chi connectivity index (χ2n) is 8.52. The normalized spacial score (nSPS) is 15.5. The number of carbonyl (C=O) groups excluding carboxylic acids is 3. The van der Waals surface area contributed by atoms with E-state index >= 15 is 0 Å². The first-order chi connectivity index (χ1) is 13.5. The number of urea groups is 1. The van der Waals surface area contributed by atoms with Gasteiger partial charge in [0.25, 0.3) is 0 Å². The number of nitrogens with one attached hydrogen (secondary N) is 3. The average Bonchev–Trinajstić information content (AvgIpc) is 2.57. The molecule has 29 heavy (non-hydrogen) atoms. The number of hydrogen-bond acceptors (Lipinski definition) is 5. The van der Waals surface area contributed by atoms with Gasteiger partial charge < -0.3 is 15.4 Å². The van der Waals surface area contributed by atoms with Gasteiger partial charge in [0.05, 0.1) is 6.54 Å². The Morgan fingerprint density at radius 3 is 2.38 bits per heavy atom. The van der Waals surface area contributed by atoms with Crippen molar-refractivity contribution in [1.29, 1.82) is 0 Å². The molecule has 1 aliphatic rings. The average molecular weight is 405 g/mol. The molecule has 1 saturated heterocycles. The molecule has 1 fully saturated rings. The minimum atomic E-state index is -0.538. The molecule has 0 aromatic heterocycles. The predicted octanol–water partition coefficient (Wildman–Crippen LogP) is 2.94. The minimum Gasteiger partial charge on any atom is -0.444 e. The molecule has 3 N–H and O–H groups in total. The number of rotatable bonds is 4. The minimum absolute atomic E-state index is 0.0250. The third kappa shape index (κ3) is 8.11. The Bertz CT molecular complexity index is 750. The highest BCUT2D eigenvalue weighted by atomic mass is 16.6. The zero-order chi connectivity index (χ0) is 21.6. The zero-order valence-corrected chi connectivity index (χ0v) is 17.9. The monoisotopic (exact) mass is 404 g/mol. The van der Waals surface area contributed by atoms with E-state index in [9.17, 15) is 14.4 Å². The zero-order valence-electron chi connectivity index (χ0n) is 17.9. The van der Waals surface area contributed by atoms with E-state index in [0.717, 1.165) is 24.0 Å². The lowest BCUT2D eigenvalue weighted by atomic mass is 10.1. The second kappa shape index (κ2) is 9.73. The van der Waals surface area contributed by atoms with E-state index in [1.165, 1.54) is 0 Å². The summed E-state index contributed by atoms with van der Waals surface area (Å²) in [7, 11) is 0. The van der Waals surface area contributed by atoms with Crippen molar-refractivity contribution in [3.05, 3.63) is 29.3 Å². The van der Waals surface area contributed by atoms with E-state index in [2.05, 4.69) is 16.0 Å². The van der Waals surface area contributed by atoms with E-state index in [1.807, 2.05) is 57.7 Å². The number of amides is 4. The summed E-state index contributed by atoms with van der Waals surface area (Å²) < 4.78 is 5.27. The SMILES string of the molecule is Cc1ccc(NC(=O)NC(=O)CN2CCC(NC(=O)OC(C)(C)C)CC2)c(C)c1. The first-order valence-corrected chi connectivity index (χ1v) is 9.92. The summed E-state index contributed by atoms with van der Waals surface area (Å²) >= 11 is 0. The molecule has 160 valence electrons. The summed E-state index contributed by atoms with van der Waals surface area (Å²) in [4.78, 5) is 38.0. The lowest BCUT2D eigenvalue weighted by Gasteiger charge is -2.32. The largest absolute Gasteiger partial charge is 0.444 e. The summed E-state index contributed by atoms with van der Waals surface area (Å²) in [5, 5.41) is 7.93. The Balaban J connectivity index is 1.71. The molecule has 1 heterocycles. The Hall–Kier alpha value is -2.61. The molecule has 0 bridgehead atoms. The quantitative estimate of drug-likeness (QED) is 0.716. The maximum absolute atomic E-state index is 12.2. The standard InChI is InChI=1S/C21H32N4O4/c1-14-6-7-17(15(2)12-14)23-19(27)24-18(26)13-25-10-8-16(9-11-25)22-20(28)29-21(3,4)5/h6-7,12,16H,8-11,13H2,1-5H3,(H,22,28)(H2,23,24,26,27). The topological polar surface area (TPSA) is 99.8 Å². The van der Waals surface area contributed by atoms with Gasteiger partial charge in [-0.1, -0.05) is 17.7 Å². The summed E-state index contributed by atoms with van der Waals surface area (Å²) in [6.45, 7) is 10.8. The van der Waals surface area contributed by atoms with Gasteiger partial charge in [0.15, 0.2) is 0 Å². The molecular weight excluding hydrogens is 372 g/mol. The van der Waals surface area contributed by atoms with Crippen LogP contribution in [0, 0.1) is 13.8 Å². The Kier molecular flexibility index (Phi) is 7.61. The van der Waals surface area contributed by atoms with Gasteiger partial charge in [-0.3, -0.25) is 15.0 Å². The summed E-state index contributed by atoms with van der Waals surface area (Å²) in [6, 6.07) is 5.17. The molecule has 8 nitrogen and oxygen atoms in total. The number of ether oxygens (including phenoxy) is 1. The van der Waals surface area contributed by atoms with Crippen molar-refractivity contribution in [2.45, 2.75) is 59.1 Å². The molecule has 1 aliphatic heterocycles. The van der Waals surface area contributed by atoms with Gasteiger partial charge in [-0.15, -0.1) is 0 Å². The Morgan fingerprint density at radius 2 is 1.79 bits per heavy atom. The smallest absolute Gasteiger partial charge is 0.407 e. The van der Waals surface area contributed by atoms with Crippen LogP contribution >= 0.6 is 0 Å². The molecular formula is C21H32N4O4. The second-order valence-corrected chi connectivity index (χ2v) is 8.52. The van der Waals surface area contributed by atoms with E-state index < -0.39 is 17.7 Å². The van der Waals surface area contributed by atoms with Gasteiger partial charge in [-0.25, -0.2) is 9.59 Å². The number of anilines is 1. The fourth-order valence-corrected chi connectivity index (χ4v) is 3.19. The number of imide groups is 1. The fraction of sp³-hybridized carbons (Fsp3) is 0.571. The van der Waals surface area contributed by atoms with Gasteiger partial charge in [-0.2, -0.15) is 0 Å². The summed E-state index contributed by atoms with van der Waals surface area (Å²) in [5.74, 6) is -0.356. The van der Waals surface area contributed by atoms with Crippen molar-refractivity contribution in [2.75, 3.05) is 25.0 Å². The highest BCUT2D eigenvalue weighted by Crippen LogP contribution is 2.16. The maximum atomic E-state index is 12.2. The first-order valence-electron chi connectivity index (χ1n) is 9.92. The third-order valence-corrected chi connectivity index (χ3v) is 4.56. The van der Waals surface area contributed by atoms with Crippen molar-refractivity contribution in [3.8, 4) is 0 Å². The van der Waals surface area contributed by atoms with E-state index in [1.54, 1.807) is 0 Å². The van der Waals surface area contributed by atoms with Crippen LogP contribution in [0.1, 0.15) is 44.7 Å². The van der Waals surface area contributed by atoms with Crippen LogP contribution in [0.2, 0.25) is 0 Å². The summed E-state index contributed by atoms with van der Waals surface area (Å²) in [6.07, 6.45) is 1.03. The van der Waals surface area contributed by atoms with Crippen LogP contribution in [0.3, 0.4) is 0 Å². The molecule has 8 heteroatoms. The molecule has 0 radical (unpaired) electrons. The number of piperidine rings is 1. The van der Waals surface area contributed by atoms with Crippen LogP contribution in [0.15, 0.2) is 18.2 Å². The number of hydrogen-bond donors (Lipinski definition) is 3. The molecule has 4 amide bonds. The number of likely N-dealkylation sites (tertiary alicyclic amines) is 1. The van der Waals surface area contributed by atoms with Crippen LogP contribution in [0.25, 0.3) is 0 Å². The Morgan fingerprint density at radius 1 is 1.14 bits per heavy atom. The van der Waals surface area contributed by atoms with Crippen molar-refractivity contribution in [2.24, 2.45) is 0 Å². The number of aryl methyl sites for hydroxylation is 2. The van der Waals surface area contributed by atoms with E-state index in [4.69, 9.17) is 4.74 Å². The summed E-state index contributed by atoms with van der Waals surface area (Å²) in [5.41, 5.74) is 2.19. The fourth-order valence-electron chi connectivity index (χ4n) is 3.19. The molecule has 0 atom stereocenters. The molecule has 2 rings (SSSR count). The van der Waals surface area contributed by atoms with Crippen LogP contribution in [0.4, 0.5) is 15.3 Å². The third-order valence-electron chi connectivity index (χ3n) is 4.56. The van der Waals surface area contributed by atoms with Crippen LogP contribution in [-0.2, 0) is 9.53 Å². The van der Waals surface area contributed by atoms with Crippen molar-refractivity contribution in [3.63, 3.8) is 0 Å². The number of benzene rings is 1. The molecule has 0 aliphatic carbocycles. The Labute approximate surface area is 172 Å². The van der Waals surface area contributed by atoms with Gasteiger partial charge >= 0.3 is 12.1 Å². The molecule has 0 saturated carbocycles. The molecule has 1 aromatic rings. The van der Waals surface area contributed by atoms with Crippen molar-refractivity contribution >= 4 is 23.7 Å². The molecule has 0 spiro atoms. The van der Waals surface area contributed by atoms with Crippen molar-refractivity contribution in [1.82, 2.24) is 15.5 Å². The van der Waals surface area contributed by atoms with Crippen LogP contribution < -0.4 is 16.0 Å². The van der Waals surface area contributed by atoms with E-state index in [-0.39, 0.29) is 18.5 Å². The molecule has 0 unspecified atom stereocenters. The number of nitrogens with zero attached hydrogens (tertiary/aromatic N) is 1. The number of carbonyl (C=O) groups is 3. The van der Waals surface area contributed by atoms with Gasteiger partial charge in [0, 0.05) is 24.8 Å². The number of alkyl carbamates (subject to hydrolysis) is 1. The van der Waals surface area contributed by atoms with Crippen molar-refractivity contribution < 1.29 is 19.1 Å². The van der Waals surface area contributed by atoms with Crippen LogP contribution in [0.5, 0.6) is 0 Å². The van der Waals surface area contributed by atoms with Gasteiger partial charge in [-0.05, 0) is 59.1 Å². The lowest BCUT2D eigenvalue weighted by molar-refractivity contribution is -0.121. The molecule has 1 aromatic carbocycles.